The first-order chi connectivity index (χ1) is 9.04. The van der Waals surface area contributed by atoms with Gasteiger partial charge in [-0.15, -0.1) is 0 Å². The van der Waals surface area contributed by atoms with E-state index in [2.05, 4.69) is 0 Å². The molecule has 0 saturated carbocycles. The second kappa shape index (κ2) is 7.74. The third kappa shape index (κ3) is 5.26. The van der Waals surface area contributed by atoms with Gasteiger partial charge in [0.05, 0.1) is 11.6 Å². The van der Waals surface area contributed by atoms with Crippen LogP contribution in [0.2, 0.25) is 0 Å². The summed E-state index contributed by atoms with van der Waals surface area (Å²) in [5, 5.41) is 0. The van der Waals surface area contributed by atoms with Gasteiger partial charge in [-0.3, -0.25) is 4.79 Å². The predicted molar refractivity (Wildman–Crippen MR) is 80.6 cm³/mol. The molecule has 1 aromatic rings. The number of hydrogen-bond donors (Lipinski definition) is 1. The standard InChI is InChI=1S/C14H20N2O2S/c1-3-9-18-12-6-4-5-11(10-12)14(17)16(2)8-7-13(15)19/h4-6,10H,3,7-9H2,1-2H3,(H2,15,19). The molecule has 0 atom stereocenters. The molecule has 0 unspecified atom stereocenters. The van der Waals surface area contributed by atoms with Crippen molar-refractivity contribution in [2.75, 3.05) is 20.2 Å². The fourth-order valence-corrected chi connectivity index (χ4v) is 1.63. The highest BCUT2D eigenvalue weighted by Crippen LogP contribution is 2.15. The Morgan fingerprint density at radius 2 is 2.21 bits per heavy atom. The first-order valence-electron chi connectivity index (χ1n) is 6.31. The zero-order chi connectivity index (χ0) is 14.3. The van der Waals surface area contributed by atoms with Gasteiger partial charge in [-0.1, -0.05) is 25.2 Å². The van der Waals surface area contributed by atoms with Crippen LogP contribution in [0, 0.1) is 0 Å². The lowest BCUT2D eigenvalue weighted by atomic mass is 10.2. The molecule has 2 N–H and O–H groups in total. The van der Waals surface area contributed by atoms with E-state index >= 15 is 0 Å². The lowest BCUT2D eigenvalue weighted by Gasteiger charge is -2.17. The van der Waals surface area contributed by atoms with E-state index in [-0.39, 0.29) is 5.91 Å². The quantitative estimate of drug-likeness (QED) is 0.778. The number of nitrogens with zero attached hydrogens (tertiary/aromatic N) is 1. The number of amides is 1. The van der Waals surface area contributed by atoms with Crippen LogP contribution in [0.1, 0.15) is 30.1 Å². The first kappa shape index (κ1) is 15.4. The maximum atomic E-state index is 12.2. The number of hydrogen-bond acceptors (Lipinski definition) is 3. The van der Waals surface area contributed by atoms with Crippen LogP contribution < -0.4 is 10.5 Å². The SMILES string of the molecule is CCCOc1cccc(C(=O)N(C)CCC(N)=S)c1. The van der Waals surface area contributed by atoms with Crippen molar-refractivity contribution in [2.45, 2.75) is 19.8 Å². The summed E-state index contributed by atoms with van der Waals surface area (Å²) in [6.45, 7) is 3.21. The minimum Gasteiger partial charge on any atom is -0.494 e. The highest BCUT2D eigenvalue weighted by atomic mass is 32.1. The van der Waals surface area contributed by atoms with Crippen LogP contribution in [0.3, 0.4) is 0 Å². The molecule has 0 radical (unpaired) electrons. The molecule has 5 heteroatoms. The van der Waals surface area contributed by atoms with Gasteiger partial charge in [0, 0.05) is 25.6 Å². The molecule has 0 aliphatic carbocycles. The number of nitrogens with two attached hydrogens (primary N) is 1. The molecule has 0 aliphatic heterocycles. The topological polar surface area (TPSA) is 55.6 Å². The Bertz CT molecular complexity index is 449. The van der Waals surface area contributed by atoms with E-state index < -0.39 is 0 Å². The van der Waals surface area contributed by atoms with Gasteiger partial charge in [0.25, 0.3) is 5.91 Å². The summed E-state index contributed by atoms with van der Waals surface area (Å²) < 4.78 is 5.51. The summed E-state index contributed by atoms with van der Waals surface area (Å²) in [7, 11) is 1.74. The van der Waals surface area contributed by atoms with E-state index in [9.17, 15) is 4.79 Å². The van der Waals surface area contributed by atoms with Gasteiger partial charge in [-0.2, -0.15) is 0 Å². The molecule has 0 bridgehead atoms. The summed E-state index contributed by atoms with van der Waals surface area (Å²) in [6.07, 6.45) is 1.47. The molecule has 0 aromatic heterocycles. The number of carbonyl (C=O) groups excluding carboxylic acids is 1. The summed E-state index contributed by atoms with van der Waals surface area (Å²) >= 11 is 4.81. The van der Waals surface area contributed by atoms with Gasteiger partial charge >= 0.3 is 0 Å². The number of thiocarbonyl (C=S) groups is 1. The maximum Gasteiger partial charge on any atom is 0.253 e. The molecular formula is C14H20N2O2S. The van der Waals surface area contributed by atoms with Crippen molar-refractivity contribution >= 4 is 23.1 Å². The minimum atomic E-state index is -0.0572. The Hall–Kier alpha value is -1.62. The predicted octanol–water partition coefficient (Wildman–Crippen LogP) is 2.22. The maximum absolute atomic E-state index is 12.2. The Kier molecular flexibility index (Phi) is 6.29. The number of benzene rings is 1. The van der Waals surface area contributed by atoms with E-state index in [0.29, 0.717) is 30.1 Å². The molecule has 0 saturated heterocycles. The average Bonchev–Trinajstić information content (AvgIpc) is 2.41. The molecule has 0 spiro atoms. The molecule has 104 valence electrons. The Balaban J connectivity index is 2.67. The molecule has 1 aromatic carbocycles. The number of carbonyl (C=O) groups is 1. The molecular weight excluding hydrogens is 260 g/mol. The van der Waals surface area contributed by atoms with Crippen LogP contribution in [-0.2, 0) is 0 Å². The van der Waals surface area contributed by atoms with Crippen LogP contribution in [-0.4, -0.2) is 36.0 Å². The molecule has 0 fully saturated rings. The normalized spacial score (nSPS) is 10.0. The summed E-state index contributed by atoms with van der Waals surface area (Å²) in [5.41, 5.74) is 6.04. The summed E-state index contributed by atoms with van der Waals surface area (Å²) in [5.74, 6) is 0.661. The van der Waals surface area contributed by atoms with Crippen LogP contribution in [0.4, 0.5) is 0 Å². The summed E-state index contributed by atoms with van der Waals surface area (Å²) in [6, 6.07) is 7.20. The second-order valence-electron chi connectivity index (χ2n) is 4.32. The minimum absolute atomic E-state index is 0.0572. The average molecular weight is 280 g/mol. The van der Waals surface area contributed by atoms with Crippen LogP contribution in [0.15, 0.2) is 24.3 Å². The van der Waals surface area contributed by atoms with Crippen molar-refractivity contribution < 1.29 is 9.53 Å². The molecule has 4 nitrogen and oxygen atoms in total. The molecule has 0 aliphatic rings. The van der Waals surface area contributed by atoms with Crippen LogP contribution in [0.5, 0.6) is 5.75 Å². The van der Waals surface area contributed by atoms with Crippen LogP contribution >= 0.6 is 12.2 Å². The van der Waals surface area contributed by atoms with Gasteiger partial charge in [0.2, 0.25) is 0 Å². The van der Waals surface area contributed by atoms with Gasteiger partial charge in [-0.25, -0.2) is 0 Å². The number of ether oxygens (including phenoxy) is 1. The Morgan fingerprint density at radius 1 is 1.47 bits per heavy atom. The lowest BCUT2D eigenvalue weighted by molar-refractivity contribution is 0.0798. The molecule has 1 amide bonds. The zero-order valence-corrected chi connectivity index (χ0v) is 12.2. The van der Waals surface area contributed by atoms with E-state index in [1.54, 1.807) is 24.1 Å². The third-order valence-corrected chi connectivity index (χ3v) is 2.80. The van der Waals surface area contributed by atoms with Crippen molar-refractivity contribution in [3.63, 3.8) is 0 Å². The third-order valence-electron chi connectivity index (χ3n) is 2.59. The van der Waals surface area contributed by atoms with Gasteiger partial charge in [0.1, 0.15) is 5.75 Å². The van der Waals surface area contributed by atoms with E-state index in [4.69, 9.17) is 22.7 Å². The highest BCUT2D eigenvalue weighted by molar-refractivity contribution is 7.80. The monoisotopic (exact) mass is 280 g/mol. The molecule has 0 heterocycles. The van der Waals surface area contributed by atoms with Crippen molar-refractivity contribution in [1.29, 1.82) is 0 Å². The Labute approximate surface area is 119 Å². The number of rotatable bonds is 7. The lowest BCUT2D eigenvalue weighted by Crippen LogP contribution is -2.30. The van der Waals surface area contributed by atoms with Crippen molar-refractivity contribution in [3.8, 4) is 5.75 Å². The van der Waals surface area contributed by atoms with Gasteiger partial charge in [-0.05, 0) is 24.6 Å². The fraction of sp³-hybridized carbons (Fsp3) is 0.429. The van der Waals surface area contributed by atoms with Crippen molar-refractivity contribution in [2.24, 2.45) is 5.73 Å². The fourth-order valence-electron chi connectivity index (χ4n) is 1.54. The first-order valence-corrected chi connectivity index (χ1v) is 6.72. The van der Waals surface area contributed by atoms with Gasteiger partial charge < -0.3 is 15.4 Å². The van der Waals surface area contributed by atoms with Gasteiger partial charge in [0.15, 0.2) is 0 Å². The smallest absolute Gasteiger partial charge is 0.253 e. The second-order valence-corrected chi connectivity index (χ2v) is 4.84. The van der Waals surface area contributed by atoms with E-state index in [1.807, 2.05) is 19.1 Å². The van der Waals surface area contributed by atoms with Crippen LogP contribution in [0.25, 0.3) is 0 Å². The Morgan fingerprint density at radius 3 is 2.84 bits per heavy atom. The molecule has 1 rings (SSSR count). The van der Waals surface area contributed by atoms with E-state index in [1.165, 1.54) is 0 Å². The highest BCUT2D eigenvalue weighted by Gasteiger charge is 2.12. The zero-order valence-electron chi connectivity index (χ0n) is 11.4. The molecule has 19 heavy (non-hydrogen) atoms. The summed E-state index contributed by atoms with van der Waals surface area (Å²) in [4.78, 5) is 14.2. The van der Waals surface area contributed by atoms with Crippen molar-refractivity contribution in [1.82, 2.24) is 4.90 Å². The largest absolute Gasteiger partial charge is 0.494 e. The van der Waals surface area contributed by atoms with Crippen molar-refractivity contribution in [3.05, 3.63) is 29.8 Å². The van der Waals surface area contributed by atoms with E-state index in [0.717, 1.165) is 12.2 Å².